The minimum Gasteiger partial charge on any atom is -0.380 e. The van der Waals surface area contributed by atoms with Crippen molar-refractivity contribution in [3.8, 4) is 0 Å². The third kappa shape index (κ3) is 6.15. The van der Waals surface area contributed by atoms with Crippen LogP contribution in [0.4, 0.5) is 42.5 Å². The zero-order chi connectivity index (χ0) is 24.4. The van der Waals surface area contributed by atoms with Gasteiger partial charge in [-0.3, -0.25) is 4.79 Å². The van der Waals surface area contributed by atoms with Crippen LogP contribution in [0.15, 0.2) is 18.2 Å². The molecule has 0 atom stereocenters. The lowest BCUT2D eigenvalue weighted by atomic mass is 9.68. The quantitative estimate of drug-likeness (QED) is 0.382. The van der Waals surface area contributed by atoms with Gasteiger partial charge in [0.15, 0.2) is 5.81 Å². The van der Waals surface area contributed by atoms with E-state index in [0.717, 1.165) is 12.1 Å². The molecule has 0 heterocycles. The number of halogens is 6. The minimum absolute atomic E-state index is 0.131. The van der Waals surface area contributed by atoms with Crippen molar-refractivity contribution in [2.45, 2.75) is 64.5 Å². The van der Waals surface area contributed by atoms with E-state index in [-0.39, 0.29) is 5.69 Å². The Kier molecular flexibility index (Phi) is 7.86. The van der Waals surface area contributed by atoms with Crippen molar-refractivity contribution in [1.82, 2.24) is 0 Å². The number of rotatable bonds is 8. The van der Waals surface area contributed by atoms with Gasteiger partial charge in [0.1, 0.15) is 5.68 Å². The molecule has 0 unspecified atom stereocenters. The highest BCUT2D eigenvalue weighted by molar-refractivity contribution is 6.98. The number of amides is 1. The largest absolute Gasteiger partial charge is 0.430 e. The summed E-state index contributed by atoms with van der Waals surface area (Å²) in [6.07, 6.45) is -11.8. The van der Waals surface area contributed by atoms with Crippen LogP contribution in [0.2, 0.25) is 0 Å². The predicted molar refractivity (Wildman–Crippen MR) is 105 cm³/mol. The molecule has 0 saturated carbocycles. The number of hydrogen-bond donors (Lipinski definition) is 3. The van der Waals surface area contributed by atoms with Crippen LogP contribution in [0.1, 0.15) is 46.6 Å². The van der Waals surface area contributed by atoms with Gasteiger partial charge in [-0.1, -0.05) is 20.8 Å². The lowest BCUT2D eigenvalue weighted by Crippen LogP contribution is -2.54. The van der Waals surface area contributed by atoms with Crippen LogP contribution in [0.5, 0.6) is 0 Å². The topological polar surface area (TPSA) is 78.4 Å². The normalized spacial score (nSPS) is 13.2. The summed E-state index contributed by atoms with van der Waals surface area (Å²) in [4.78, 5) is 23.7. The molecule has 5 nitrogen and oxygen atoms in total. The maximum absolute atomic E-state index is 13.5. The summed E-state index contributed by atoms with van der Waals surface area (Å²) in [7, 11) is 0.529. The summed E-state index contributed by atoms with van der Waals surface area (Å²) < 4.78 is 80.9. The first-order chi connectivity index (χ1) is 13.9. The van der Waals surface area contributed by atoms with Crippen LogP contribution >= 0.6 is 0 Å². The summed E-state index contributed by atoms with van der Waals surface area (Å²) in [6, 6.07) is 2.45. The van der Waals surface area contributed by atoms with Gasteiger partial charge in [0.2, 0.25) is 0 Å². The van der Waals surface area contributed by atoms with Gasteiger partial charge in [0.05, 0.1) is 0 Å². The fourth-order valence-corrected chi connectivity index (χ4v) is 2.44. The van der Waals surface area contributed by atoms with Crippen molar-refractivity contribution in [1.29, 1.82) is 0 Å². The van der Waals surface area contributed by atoms with Crippen LogP contribution in [0.25, 0.3) is 0 Å². The molecule has 1 aromatic rings. The number of alkyl halides is 6. The first-order valence-electron chi connectivity index (χ1n) is 9.34. The Hall–Kier alpha value is -2.24. The molecule has 0 aromatic heterocycles. The Morgan fingerprint density at radius 2 is 1.58 bits per heavy atom. The molecule has 173 valence electrons. The Balaban J connectivity index is 3.61. The molecular formula is C19H24BF6N2O3. The lowest BCUT2D eigenvalue weighted by Gasteiger charge is -2.35. The third-order valence-electron chi connectivity index (χ3n) is 4.70. The molecule has 1 radical (unpaired) electrons. The molecule has 0 aliphatic rings. The highest BCUT2D eigenvalue weighted by Gasteiger charge is 2.72. The number of carbonyl (C=O) groups excluding carboxylic acids is 2. The summed E-state index contributed by atoms with van der Waals surface area (Å²) in [5, 5.41) is 14.5. The van der Waals surface area contributed by atoms with Gasteiger partial charge in [-0.2, -0.15) is 26.3 Å². The van der Waals surface area contributed by atoms with E-state index < -0.39 is 52.2 Å². The highest BCUT2D eigenvalue weighted by Crippen LogP contribution is 2.52. The van der Waals surface area contributed by atoms with E-state index in [2.05, 4.69) is 5.32 Å². The average molecular weight is 453 g/mol. The second-order valence-electron chi connectivity index (χ2n) is 8.02. The second kappa shape index (κ2) is 9.09. The number of nitrogens with one attached hydrogen (secondary N) is 2. The summed E-state index contributed by atoms with van der Waals surface area (Å²) in [5.74, 6) is -1.84. The zero-order valence-corrected chi connectivity index (χ0v) is 17.6. The molecule has 31 heavy (non-hydrogen) atoms. The first-order valence-corrected chi connectivity index (χ1v) is 9.34. The van der Waals surface area contributed by atoms with Gasteiger partial charge in [-0.05, 0) is 38.5 Å². The maximum atomic E-state index is 13.5. The molecule has 1 aromatic carbocycles. The summed E-state index contributed by atoms with van der Waals surface area (Å²) >= 11 is 0. The minimum atomic E-state index is -6.15. The zero-order valence-electron chi connectivity index (χ0n) is 17.6. The molecular weight excluding hydrogens is 429 g/mol. The molecule has 1 rings (SSSR count). The molecule has 0 saturated heterocycles. The molecule has 0 bridgehead atoms. The van der Waals surface area contributed by atoms with Crippen molar-refractivity contribution in [3.63, 3.8) is 0 Å². The molecule has 1 amide bonds. The van der Waals surface area contributed by atoms with Crippen LogP contribution < -0.4 is 10.6 Å². The Morgan fingerprint density at radius 3 is 2.00 bits per heavy atom. The van der Waals surface area contributed by atoms with E-state index >= 15 is 0 Å². The maximum Gasteiger partial charge on any atom is 0.430 e. The number of aliphatic hydroxyl groups is 1. The van der Waals surface area contributed by atoms with Crippen molar-refractivity contribution in [2.75, 3.05) is 10.6 Å². The molecule has 0 spiro atoms. The van der Waals surface area contributed by atoms with Crippen LogP contribution in [0, 0.1) is 5.92 Å². The highest BCUT2D eigenvalue weighted by atomic mass is 19.4. The monoisotopic (exact) mass is 453 g/mol. The smallest absolute Gasteiger partial charge is 0.380 e. The standard InChI is InChI=1S/C19H24BF6N2O3/c1-6-16(4,5)28-11-7-8-13(27-15(30)20-14(29)10(2)3)12(9-11)17(31,18(21,22)23)19(24,25)26/h7-10,28,31H,6H2,1-5H3,(H,27,30). The molecule has 3 N–H and O–H groups in total. The number of carbonyl (C=O) groups is 2. The Morgan fingerprint density at radius 1 is 1.06 bits per heavy atom. The average Bonchev–Trinajstić information content (AvgIpc) is 2.59. The van der Waals surface area contributed by atoms with Crippen molar-refractivity contribution in [2.24, 2.45) is 5.92 Å². The van der Waals surface area contributed by atoms with E-state index in [9.17, 15) is 41.0 Å². The molecule has 12 heteroatoms. The Bertz CT molecular complexity index is 808. The van der Waals surface area contributed by atoms with E-state index in [0.29, 0.717) is 19.8 Å². The van der Waals surface area contributed by atoms with Crippen LogP contribution in [-0.4, -0.2) is 41.8 Å². The van der Waals surface area contributed by atoms with E-state index in [1.54, 1.807) is 20.8 Å². The first kappa shape index (κ1) is 26.8. The SMILES string of the molecule is CCC(C)(C)Nc1ccc(NC(=O)[B]C(=O)C(C)C)c(C(O)(C(F)(F)F)C(F)(F)F)c1. The Labute approximate surface area is 176 Å². The summed E-state index contributed by atoms with van der Waals surface area (Å²) in [6.45, 7) is 8.02. The van der Waals surface area contributed by atoms with Crippen molar-refractivity contribution >= 4 is 30.1 Å². The predicted octanol–water partition coefficient (Wildman–Crippen LogP) is 5.02. The molecule has 0 aliphatic carbocycles. The van der Waals surface area contributed by atoms with Gasteiger partial charge in [-0.25, -0.2) is 0 Å². The van der Waals surface area contributed by atoms with E-state index in [1.165, 1.54) is 13.8 Å². The van der Waals surface area contributed by atoms with Gasteiger partial charge >= 0.3 is 19.6 Å². The summed E-state index contributed by atoms with van der Waals surface area (Å²) in [5.41, 5.74) is -9.32. The van der Waals surface area contributed by atoms with Crippen LogP contribution in [-0.2, 0) is 10.4 Å². The third-order valence-corrected chi connectivity index (χ3v) is 4.70. The van der Waals surface area contributed by atoms with Gasteiger partial charge in [0.25, 0.3) is 5.60 Å². The van der Waals surface area contributed by atoms with Gasteiger partial charge in [0, 0.05) is 28.4 Å². The molecule has 0 fully saturated rings. The number of anilines is 2. The number of hydrogen-bond acceptors (Lipinski definition) is 4. The van der Waals surface area contributed by atoms with Crippen molar-refractivity contribution in [3.05, 3.63) is 23.8 Å². The van der Waals surface area contributed by atoms with Crippen molar-refractivity contribution < 1.29 is 41.0 Å². The number of benzene rings is 1. The second-order valence-corrected chi connectivity index (χ2v) is 8.02. The van der Waals surface area contributed by atoms with E-state index in [1.807, 2.05) is 5.32 Å². The van der Waals surface area contributed by atoms with Crippen LogP contribution in [0.3, 0.4) is 0 Å². The van der Waals surface area contributed by atoms with Gasteiger partial charge in [-0.15, -0.1) is 0 Å². The lowest BCUT2D eigenvalue weighted by molar-refractivity contribution is -0.376. The fourth-order valence-electron chi connectivity index (χ4n) is 2.44. The van der Waals surface area contributed by atoms with E-state index in [4.69, 9.17) is 0 Å². The van der Waals surface area contributed by atoms with Gasteiger partial charge < -0.3 is 20.5 Å². The molecule has 0 aliphatic heterocycles. The fraction of sp³-hybridized carbons (Fsp3) is 0.579.